The molecular weight excluding hydrogens is 495 g/mol. The van der Waals surface area contributed by atoms with Crippen molar-refractivity contribution in [1.82, 2.24) is 14.7 Å². The number of rotatable bonds is 5. The number of amides is 1. The Kier molecular flexibility index (Phi) is 6.92. The van der Waals surface area contributed by atoms with Crippen LogP contribution in [-0.4, -0.2) is 46.8 Å². The van der Waals surface area contributed by atoms with E-state index in [1.807, 2.05) is 4.90 Å². The molecule has 3 aromatic carbocycles. The minimum Gasteiger partial charge on any atom is -0.449 e. The average molecular weight is 519 g/mol. The standard InChI is InChI=1S/C28H24ClFN4O3/c1-19(35)32-14-16-33(17-15-32)26-18-31-34(22-10-8-21(29)9-11-22)28(36)27(26)37-23-12-6-20(7-13-23)24-4-2-3-5-25(24)30/h2-13,18H,14-17H2,1H3. The molecule has 0 N–H and O–H groups in total. The van der Waals surface area contributed by atoms with E-state index in [4.69, 9.17) is 16.3 Å². The van der Waals surface area contributed by atoms with Gasteiger partial charge in [-0.15, -0.1) is 0 Å². The number of hydrogen-bond donors (Lipinski definition) is 0. The quantitative estimate of drug-likeness (QED) is 0.365. The van der Waals surface area contributed by atoms with Gasteiger partial charge in [0.1, 0.15) is 17.3 Å². The Morgan fingerprint density at radius 1 is 0.946 bits per heavy atom. The second-order valence-electron chi connectivity index (χ2n) is 8.65. The Morgan fingerprint density at radius 2 is 1.62 bits per heavy atom. The number of piperazine rings is 1. The number of benzene rings is 3. The molecule has 0 atom stereocenters. The zero-order valence-electron chi connectivity index (χ0n) is 20.1. The molecule has 2 heterocycles. The van der Waals surface area contributed by atoms with Crippen molar-refractivity contribution in [3.8, 4) is 28.3 Å². The summed E-state index contributed by atoms with van der Waals surface area (Å²) in [6, 6.07) is 20.2. The normalized spacial score (nSPS) is 13.5. The van der Waals surface area contributed by atoms with Crippen molar-refractivity contribution < 1.29 is 13.9 Å². The van der Waals surface area contributed by atoms with Gasteiger partial charge in [-0.25, -0.2) is 4.39 Å². The maximum Gasteiger partial charge on any atom is 0.316 e. The Morgan fingerprint density at radius 3 is 2.27 bits per heavy atom. The molecule has 9 heteroatoms. The van der Waals surface area contributed by atoms with Gasteiger partial charge in [-0.05, 0) is 48.0 Å². The molecule has 4 aromatic rings. The zero-order chi connectivity index (χ0) is 25.9. The van der Waals surface area contributed by atoms with Crippen LogP contribution >= 0.6 is 11.6 Å². The number of hydrogen-bond acceptors (Lipinski definition) is 5. The van der Waals surface area contributed by atoms with Gasteiger partial charge < -0.3 is 14.5 Å². The first kappa shape index (κ1) is 24.5. The van der Waals surface area contributed by atoms with Crippen LogP contribution in [0.2, 0.25) is 5.02 Å². The molecule has 1 aliphatic heterocycles. The molecule has 1 fully saturated rings. The number of carbonyl (C=O) groups excluding carboxylic acids is 1. The summed E-state index contributed by atoms with van der Waals surface area (Å²) in [6.07, 6.45) is 1.60. The van der Waals surface area contributed by atoms with Gasteiger partial charge in [0.2, 0.25) is 11.7 Å². The van der Waals surface area contributed by atoms with E-state index in [-0.39, 0.29) is 17.5 Å². The Labute approximate surface area is 218 Å². The summed E-state index contributed by atoms with van der Waals surface area (Å²) in [5.41, 5.74) is 1.82. The van der Waals surface area contributed by atoms with E-state index in [0.717, 1.165) is 0 Å². The van der Waals surface area contributed by atoms with E-state index in [9.17, 15) is 14.0 Å². The highest BCUT2D eigenvalue weighted by Crippen LogP contribution is 2.31. The van der Waals surface area contributed by atoms with Crippen molar-refractivity contribution in [3.05, 3.63) is 100 Å². The summed E-state index contributed by atoms with van der Waals surface area (Å²) in [5.74, 6) is 0.236. The monoisotopic (exact) mass is 518 g/mol. The molecule has 188 valence electrons. The predicted octanol–water partition coefficient (Wildman–Crippen LogP) is 5.15. The summed E-state index contributed by atoms with van der Waals surface area (Å²) in [4.78, 5) is 29.1. The van der Waals surface area contributed by atoms with Crippen LogP contribution in [0.1, 0.15) is 6.92 Å². The van der Waals surface area contributed by atoms with Gasteiger partial charge in [-0.2, -0.15) is 9.78 Å². The Balaban J connectivity index is 1.51. The van der Waals surface area contributed by atoms with Gasteiger partial charge in [0.15, 0.2) is 0 Å². The lowest BCUT2D eigenvalue weighted by atomic mass is 10.1. The van der Waals surface area contributed by atoms with Gasteiger partial charge in [-0.1, -0.05) is 41.9 Å². The molecule has 0 aliphatic carbocycles. The van der Waals surface area contributed by atoms with Gasteiger partial charge in [0.05, 0.1) is 11.9 Å². The van der Waals surface area contributed by atoms with Crippen molar-refractivity contribution in [3.63, 3.8) is 0 Å². The number of ether oxygens (including phenoxy) is 1. The number of nitrogens with zero attached hydrogens (tertiary/aromatic N) is 4. The largest absolute Gasteiger partial charge is 0.449 e. The summed E-state index contributed by atoms with van der Waals surface area (Å²) in [6.45, 7) is 3.69. The second kappa shape index (κ2) is 10.4. The zero-order valence-corrected chi connectivity index (χ0v) is 20.9. The number of aromatic nitrogens is 2. The highest BCUT2D eigenvalue weighted by molar-refractivity contribution is 6.30. The van der Waals surface area contributed by atoms with Crippen LogP contribution in [0.5, 0.6) is 11.5 Å². The molecule has 1 aliphatic rings. The van der Waals surface area contributed by atoms with Crippen molar-refractivity contribution in [2.75, 3.05) is 31.1 Å². The molecule has 0 spiro atoms. The first-order chi connectivity index (χ1) is 17.9. The second-order valence-corrected chi connectivity index (χ2v) is 9.09. The first-order valence-corrected chi connectivity index (χ1v) is 12.2. The van der Waals surface area contributed by atoms with Crippen LogP contribution in [-0.2, 0) is 4.79 Å². The fraction of sp³-hybridized carbons (Fsp3) is 0.179. The lowest BCUT2D eigenvalue weighted by Crippen LogP contribution is -2.48. The van der Waals surface area contributed by atoms with Gasteiger partial charge in [-0.3, -0.25) is 9.59 Å². The molecule has 37 heavy (non-hydrogen) atoms. The molecule has 0 radical (unpaired) electrons. The third kappa shape index (κ3) is 5.20. The third-order valence-electron chi connectivity index (χ3n) is 6.31. The minimum absolute atomic E-state index is 0.0161. The number of anilines is 1. The smallest absolute Gasteiger partial charge is 0.316 e. The Bertz CT molecular complexity index is 1480. The molecule has 0 unspecified atom stereocenters. The maximum absolute atomic E-state index is 14.2. The van der Waals surface area contributed by atoms with Gasteiger partial charge in [0.25, 0.3) is 0 Å². The molecule has 7 nitrogen and oxygen atoms in total. The van der Waals surface area contributed by atoms with Crippen LogP contribution in [0.3, 0.4) is 0 Å². The first-order valence-electron chi connectivity index (χ1n) is 11.8. The van der Waals surface area contributed by atoms with Gasteiger partial charge >= 0.3 is 5.56 Å². The van der Waals surface area contributed by atoms with Crippen molar-refractivity contribution >= 4 is 23.2 Å². The fourth-order valence-corrected chi connectivity index (χ4v) is 4.42. The van der Waals surface area contributed by atoms with E-state index in [2.05, 4.69) is 5.10 Å². The Hall–Kier alpha value is -4.17. The summed E-state index contributed by atoms with van der Waals surface area (Å²) < 4.78 is 21.6. The molecule has 5 rings (SSSR count). The summed E-state index contributed by atoms with van der Waals surface area (Å²) >= 11 is 6.01. The summed E-state index contributed by atoms with van der Waals surface area (Å²) in [5, 5.41) is 4.94. The molecule has 0 bridgehead atoms. The third-order valence-corrected chi connectivity index (χ3v) is 6.56. The van der Waals surface area contributed by atoms with E-state index < -0.39 is 5.56 Å². The predicted molar refractivity (Wildman–Crippen MR) is 141 cm³/mol. The highest BCUT2D eigenvalue weighted by atomic mass is 35.5. The lowest BCUT2D eigenvalue weighted by Gasteiger charge is -2.35. The van der Waals surface area contributed by atoms with Crippen molar-refractivity contribution in [1.29, 1.82) is 0 Å². The van der Waals surface area contributed by atoms with E-state index in [1.54, 1.807) is 84.8 Å². The van der Waals surface area contributed by atoms with Crippen LogP contribution in [0.25, 0.3) is 16.8 Å². The average Bonchev–Trinajstić information content (AvgIpc) is 2.91. The molecule has 1 aromatic heterocycles. The summed E-state index contributed by atoms with van der Waals surface area (Å²) in [7, 11) is 0. The molecule has 0 saturated carbocycles. The highest BCUT2D eigenvalue weighted by Gasteiger charge is 2.25. The molecule has 1 saturated heterocycles. The maximum atomic E-state index is 14.2. The van der Waals surface area contributed by atoms with Crippen molar-refractivity contribution in [2.24, 2.45) is 0 Å². The van der Waals surface area contributed by atoms with Gasteiger partial charge in [0, 0.05) is 43.7 Å². The SMILES string of the molecule is CC(=O)N1CCN(c2cnn(-c3ccc(Cl)cc3)c(=O)c2Oc2ccc(-c3ccccc3F)cc2)CC1. The lowest BCUT2D eigenvalue weighted by molar-refractivity contribution is -0.129. The van der Waals surface area contributed by atoms with Crippen LogP contribution < -0.4 is 15.2 Å². The number of carbonyl (C=O) groups is 1. The van der Waals surface area contributed by atoms with Crippen LogP contribution in [0, 0.1) is 5.82 Å². The molecular formula is C28H24ClFN4O3. The number of halogens is 2. The topological polar surface area (TPSA) is 67.7 Å². The van der Waals surface area contributed by atoms with E-state index in [1.165, 1.54) is 10.7 Å². The van der Waals surface area contributed by atoms with Crippen molar-refractivity contribution in [2.45, 2.75) is 6.92 Å². The van der Waals surface area contributed by atoms with E-state index in [0.29, 0.717) is 59.5 Å². The fourth-order valence-electron chi connectivity index (χ4n) is 4.29. The van der Waals surface area contributed by atoms with Crippen LogP contribution in [0.4, 0.5) is 10.1 Å². The van der Waals surface area contributed by atoms with Crippen LogP contribution in [0.15, 0.2) is 83.8 Å². The molecule has 1 amide bonds. The minimum atomic E-state index is -0.438. The van der Waals surface area contributed by atoms with E-state index >= 15 is 0 Å².